The summed E-state index contributed by atoms with van der Waals surface area (Å²) in [5, 5.41) is 0.189. The van der Waals surface area contributed by atoms with Gasteiger partial charge in [0.05, 0.1) is 10.7 Å². The second kappa shape index (κ2) is 10.4. The predicted octanol–water partition coefficient (Wildman–Crippen LogP) is 8.32. The number of rotatable bonds is 9. The first-order valence-electron chi connectivity index (χ1n) is 10.2. The Kier molecular flexibility index (Phi) is 8.74. The number of aryl methyl sites for hydroxylation is 1. The molecule has 0 saturated carbocycles. The third-order valence-corrected chi connectivity index (χ3v) is 12.8. The molecule has 2 rings (SSSR count). The molecule has 2 aromatic carbocycles. The van der Waals surface area contributed by atoms with E-state index in [2.05, 4.69) is 102 Å². The quantitative estimate of drug-likeness (QED) is 0.224. The molecule has 0 aliphatic heterocycles. The van der Waals surface area contributed by atoms with Crippen molar-refractivity contribution in [2.45, 2.75) is 74.8 Å². The Hall–Kier alpha value is -0.683. The van der Waals surface area contributed by atoms with Gasteiger partial charge in [-0.25, -0.2) is 0 Å². The van der Waals surface area contributed by atoms with Crippen molar-refractivity contribution < 1.29 is 4.43 Å². The van der Waals surface area contributed by atoms with Crippen molar-refractivity contribution in [3.8, 4) is 0 Å². The molecule has 0 spiro atoms. The summed E-state index contributed by atoms with van der Waals surface area (Å²) in [5.74, 6) is 1.15. The number of hydrogen-bond acceptors (Lipinski definition) is 3. The molecule has 0 aliphatic rings. The van der Waals surface area contributed by atoms with E-state index in [9.17, 15) is 0 Å². The topological polar surface area (TPSA) is 9.23 Å². The first-order valence-corrected chi connectivity index (χ1v) is 15.1. The molecule has 2 atom stereocenters. The Bertz CT molecular complexity index is 708. The molecule has 0 unspecified atom stereocenters. The van der Waals surface area contributed by atoms with Gasteiger partial charge in [0.15, 0.2) is 8.32 Å². The maximum Gasteiger partial charge on any atom is 0.193 e. The van der Waals surface area contributed by atoms with Gasteiger partial charge in [-0.05, 0) is 54.9 Å². The molecule has 154 valence electrons. The van der Waals surface area contributed by atoms with Crippen LogP contribution in [0.4, 0.5) is 0 Å². The zero-order valence-electron chi connectivity index (χ0n) is 18.5. The minimum atomic E-state index is -1.91. The molecule has 28 heavy (non-hydrogen) atoms. The lowest BCUT2D eigenvalue weighted by Crippen LogP contribution is -2.43. The Labute approximate surface area is 182 Å². The normalized spacial score (nSPS) is 14.7. The van der Waals surface area contributed by atoms with Crippen molar-refractivity contribution in [2.24, 2.45) is 0 Å². The van der Waals surface area contributed by atoms with Crippen LogP contribution in [0.3, 0.4) is 0 Å². The van der Waals surface area contributed by atoms with Gasteiger partial charge < -0.3 is 4.43 Å². The minimum Gasteiger partial charge on any atom is -0.408 e. The maximum absolute atomic E-state index is 7.04. The third-order valence-electron chi connectivity index (χ3n) is 5.36. The van der Waals surface area contributed by atoms with Crippen LogP contribution in [0.1, 0.15) is 51.3 Å². The summed E-state index contributed by atoms with van der Waals surface area (Å²) in [7, 11) is -1.91. The fraction of sp³-hybridized carbons (Fsp3) is 0.500. The van der Waals surface area contributed by atoms with Crippen LogP contribution in [-0.4, -0.2) is 18.7 Å². The summed E-state index contributed by atoms with van der Waals surface area (Å²) >= 11 is 3.99. The molecular weight excluding hydrogens is 396 g/mol. The van der Waals surface area contributed by atoms with Crippen LogP contribution in [0.15, 0.2) is 59.5 Å². The van der Waals surface area contributed by atoms with Gasteiger partial charge in [-0.3, -0.25) is 0 Å². The smallest absolute Gasteiger partial charge is 0.193 e. The number of hydrogen-bond donors (Lipinski definition) is 0. The Morgan fingerprint density at radius 2 is 1.57 bits per heavy atom. The van der Waals surface area contributed by atoms with Gasteiger partial charge in [0, 0.05) is 4.90 Å². The van der Waals surface area contributed by atoms with E-state index < -0.39 is 8.32 Å². The fourth-order valence-corrected chi connectivity index (χ4v) is 6.69. The molecule has 0 amide bonds. The van der Waals surface area contributed by atoms with Crippen LogP contribution in [0.25, 0.3) is 0 Å². The highest BCUT2D eigenvalue weighted by Gasteiger charge is 2.41. The summed E-state index contributed by atoms with van der Waals surface area (Å²) in [6.45, 7) is 16.1. The lowest BCUT2D eigenvalue weighted by molar-refractivity contribution is 0.200. The van der Waals surface area contributed by atoms with Crippen LogP contribution in [-0.2, 0) is 4.43 Å². The Balaban J connectivity index is 2.38. The highest BCUT2D eigenvalue weighted by atomic mass is 32.2. The lowest BCUT2D eigenvalue weighted by Gasteiger charge is -2.41. The van der Waals surface area contributed by atoms with Crippen LogP contribution in [0.5, 0.6) is 0 Å². The molecule has 0 heterocycles. The zero-order valence-corrected chi connectivity index (χ0v) is 21.1. The van der Waals surface area contributed by atoms with E-state index in [1.165, 1.54) is 22.4 Å². The monoisotopic (exact) mass is 432 g/mol. The van der Waals surface area contributed by atoms with Crippen LogP contribution in [0, 0.1) is 6.92 Å². The van der Waals surface area contributed by atoms with Crippen molar-refractivity contribution in [1.82, 2.24) is 0 Å². The van der Waals surface area contributed by atoms with Gasteiger partial charge in [-0.15, -0.1) is 23.5 Å². The van der Waals surface area contributed by atoms with Gasteiger partial charge >= 0.3 is 0 Å². The average Bonchev–Trinajstić information content (AvgIpc) is 2.65. The van der Waals surface area contributed by atoms with Crippen LogP contribution in [0.2, 0.25) is 18.1 Å². The van der Waals surface area contributed by atoms with Crippen molar-refractivity contribution in [3.63, 3.8) is 0 Å². The number of thioether (sulfide) groups is 2. The van der Waals surface area contributed by atoms with Crippen molar-refractivity contribution >= 4 is 31.8 Å². The SMILES string of the molecule is CCCS[C@H](Sc1ccc(C)cc1)[C@H](O[Si](C)(C)C(C)(C)C)c1ccccc1. The van der Waals surface area contributed by atoms with E-state index in [1.807, 2.05) is 23.5 Å². The fourth-order valence-electron chi connectivity index (χ4n) is 2.59. The largest absolute Gasteiger partial charge is 0.408 e. The van der Waals surface area contributed by atoms with Crippen molar-refractivity contribution in [3.05, 3.63) is 65.7 Å². The molecule has 0 fully saturated rings. The first kappa shape index (κ1) is 23.6. The maximum atomic E-state index is 7.04. The van der Waals surface area contributed by atoms with Crippen molar-refractivity contribution in [2.75, 3.05) is 5.75 Å². The van der Waals surface area contributed by atoms with Crippen LogP contribution < -0.4 is 0 Å². The van der Waals surface area contributed by atoms with E-state index in [1.54, 1.807) is 0 Å². The highest BCUT2D eigenvalue weighted by Crippen LogP contribution is 2.46. The molecular formula is C24H36OS2Si. The summed E-state index contributed by atoms with van der Waals surface area (Å²) in [5.41, 5.74) is 2.60. The van der Waals surface area contributed by atoms with E-state index >= 15 is 0 Å². The zero-order chi connectivity index (χ0) is 20.8. The third kappa shape index (κ3) is 6.69. The second-order valence-corrected chi connectivity index (χ2v) is 16.4. The van der Waals surface area contributed by atoms with Crippen LogP contribution >= 0.6 is 23.5 Å². The van der Waals surface area contributed by atoms with E-state index in [0.717, 1.165) is 5.75 Å². The van der Waals surface area contributed by atoms with E-state index in [0.29, 0.717) is 4.58 Å². The molecule has 0 N–H and O–H groups in total. The summed E-state index contributed by atoms with van der Waals surface area (Å²) in [4.78, 5) is 1.32. The second-order valence-electron chi connectivity index (χ2n) is 8.88. The lowest BCUT2D eigenvalue weighted by atomic mass is 10.1. The highest BCUT2D eigenvalue weighted by molar-refractivity contribution is 8.17. The predicted molar refractivity (Wildman–Crippen MR) is 131 cm³/mol. The average molecular weight is 433 g/mol. The molecule has 0 aliphatic carbocycles. The Morgan fingerprint density at radius 3 is 2.11 bits per heavy atom. The molecule has 0 bridgehead atoms. The summed E-state index contributed by atoms with van der Waals surface area (Å²) < 4.78 is 7.37. The summed E-state index contributed by atoms with van der Waals surface area (Å²) in [6, 6.07) is 19.7. The van der Waals surface area contributed by atoms with Gasteiger partial charge in [0.25, 0.3) is 0 Å². The standard InChI is InChI=1S/C24H36OS2Si/c1-8-18-26-23(27-21-16-14-19(2)15-17-21)22(20-12-10-9-11-13-20)25-28(6,7)24(3,4)5/h9-17,22-23H,8,18H2,1-7H3/t22-,23-/m1/s1. The van der Waals surface area contributed by atoms with E-state index in [4.69, 9.17) is 4.43 Å². The van der Waals surface area contributed by atoms with E-state index in [-0.39, 0.29) is 11.1 Å². The summed E-state index contributed by atoms with van der Waals surface area (Å²) in [6.07, 6.45) is 1.27. The van der Waals surface area contributed by atoms with Gasteiger partial charge in [0.2, 0.25) is 0 Å². The molecule has 4 heteroatoms. The minimum absolute atomic E-state index is 0.0879. The molecule has 0 radical (unpaired) electrons. The van der Waals surface area contributed by atoms with Crippen molar-refractivity contribution in [1.29, 1.82) is 0 Å². The van der Waals surface area contributed by atoms with Gasteiger partial charge in [0.1, 0.15) is 0 Å². The van der Waals surface area contributed by atoms with Gasteiger partial charge in [-0.1, -0.05) is 75.7 Å². The molecule has 0 aromatic heterocycles. The Morgan fingerprint density at radius 1 is 0.964 bits per heavy atom. The molecule has 0 saturated heterocycles. The molecule has 2 aromatic rings. The van der Waals surface area contributed by atoms with Gasteiger partial charge in [-0.2, -0.15) is 0 Å². The molecule has 1 nitrogen and oxygen atoms in total. The number of benzene rings is 2. The first-order chi connectivity index (χ1) is 13.1.